The summed E-state index contributed by atoms with van der Waals surface area (Å²) in [5.74, 6) is 2.54. The number of nitrogens with one attached hydrogen (secondary N) is 1. The second kappa shape index (κ2) is 6.58. The van der Waals surface area contributed by atoms with Gasteiger partial charge in [-0.25, -0.2) is 0 Å². The Balaban J connectivity index is 1.58. The van der Waals surface area contributed by atoms with Crippen LogP contribution in [0.5, 0.6) is 0 Å². The summed E-state index contributed by atoms with van der Waals surface area (Å²) in [4.78, 5) is 0. The lowest BCUT2D eigenvalue weighted by Crippen LogP contribution is -2.32. The summed E-state index contributed by atoms with van der Waals surface area (Å²) in [6, 6.07) is 0. The summed E-state index contributed by atoms with van der Waals surface area (Å²) in [6.07, 6.45) is 8.87. The molecule has 2 saturated carbocycles. The third kappa shape index (κ3) is 4.75. The molecule has 2 unspecified atom stereocenters. The molecule has 112 valence electrons. The first-order valence-electron chi connectivity index (χ1n) is 8.34. The third-order valence-electron chi connectivity index (χ3n) is 5.45. The van der Waals surface area contributed by atoms with E-state index in [-0.39, 0.29) is 6.10 Å². The molecule has 2 N–H and O–H groups in total. The second-order valence-corrected chi connectivity index (χ2v) is 8.07. The van der Waals surface area contributed by atoms with Gasteiger partial charge in [0.15, 0.2) is 0 Å². The predicted octanol–water partition coefficient (Wildman–Crippen LogP) is 3.59. The van der Waals surface area contributed by atoms with Gasteiger partial charge in [-0.3, -0.25) is 0 Å². The molecule has 0 aromatic heterocycles. The number of hydrogen-bond acceptors (Lipinski definition) is 2. The smallest absolute Gasteiger partial charge is 0.0543 e. The first-order chi connectivity index (χ1) is 8.95. The van der Waals surface area contributed by atoms with E-state index in [2.05, 4.69) is 26.1 Å². The van der Waals surface area contributed by atoms with E-state index < -0.39 is 0 Å². The number of rotatable bonds is 4. The van der Waals surface area contributed by atoms with Gasteiger partial charge in [-0.2, -0.15) is 0 Å². The quantitative estimate of drug-likeness (QED) is 0.816. The van der Waals surface area contributed by atoms with E-state index in [9.17, 15) is 5.11 Å². The summed E-state index contributed by atoms with van der Waals surface area (Å²) >= 11 is 0. The molecule has 0 radical (unpaired) electrons. The summed E-state index contributed by atoms with van der Waals surface area (Å²) in [5, 5.41) is 13.2. The predicted molar refractivity (Wildman–Crippen MR) is 81.1 cm³/mol. The lowest BCUT2D eigenvalue weighted by molar-refractivity contribution is 0.148. The fraction of sp³-hybridized carbons (Fsp3) is 1.00. The zero-order valence-electron chi connectivity index (χ0n) is 13.1. The van der Waals surface area contributed by atoms with E-state index in [4.69, 9.17) is 0 Å². The molecule has 0 bridgehead atoms. The highest BCUT2D eigenvalue weighted by molar-refractivity contribution is 4.82. The van der Waals surface area contributed by atoms with Crippen molar-refractivity contribution < 1.29 is 5.11 Å². The summed E-state index contributed by atoms with van der Waals surface area (Å²) < 4.78 is 0. The van der Waals surface area contributed by atoms with E-state index >= 15 is 0 Å². The maximum atomic E-state index is 9.53. The van der Waals surface area contributed by atoms with Crippen LogP contribution in [0.4, 0.5) is 0 Å². The SMILES string of the molecule is CC(C)(C)C1CCC(CNCC2CCC(O)C2)CC1. The van der Waals surface area contributed by atoms with E-state index in [1.807, 2.05) is 0 Å². The van der Waals surface area contributed by atoms with Gasteiger partial charge in [0.1, 0.15) is 0 Å². The van der Waals surface area contributed by atoms with Crippen LogP contribution in [0.2, 0.25) is 0 Å². The maximum absolute atomic E-state index is 9.53. The lowest BCUT2D eigenvalue weighted by atomic mass is 9.70. The lowest BCUT2D eigenvalue weighted by Gasteiger charge is -2.37. The molecule has 2 atom stereocenters. The van der Waals surface area contributed by atoms with Gasteiger partial charge in [-0.15, -0.1) is 0 Å². The Morgan fingerprint density at radius 2 is 1.47 bits per heavy atom. The largest absolute Gasteiger partial charge is 0.393 e. The highest BCUT2D eigenvalue weighted by Crippen LogP contribution is 2.39. The molecule has 0 saturated heterocycles. The van der Waals surface area contributed by atoms with Crippen LogP contribution in [0.25, 0.3) is 0 Å². The number of aliphatic hydroxyl groups is 1. The number of hydrogen-bond donors (Lipinski definition) is 2. The Bertz CT molecular complexity index is 263. The van der Waals surface area contributed by atoms with Gasteiger partial charge in [0.05, 0.1) is 6.10 Å². The van der Waals surface area contributed by atoms with Crippen molar-refractivity contribution in [1.29, 1.82) is 0 Å². The summed E-state index contributed by atoms with van der Waals surface area (Å²) in [5.41, 5.74) is 0.498. The van der Waals surface area contributed by atoms with Crippen molar-refractivity contribution in [3.05, 3.63) is 0 Å². The minimum Gasteiger partial charge on any atom is -0.393 e. The first kappa shape index (κ1) is 15.3. The summed E-state index contributed by atoms with van der Waals surface area (Å²) in [7, 11) is 0. The van der Waals surface area contributed by atoms with Gasteiger partial charge >= 0.3 is 0 Å². The van der Waals surface area contributed by atoms with Crippen LogP contribution in [0, 0.1) is 23.2 Å². The minimum atomic E-state index is -0.0194. The molecule has 2 rings (SSSR count). The van der Waals surface area contributed by atoms with Crippen molar-refractivity contribution in [3.63, 3.8) is 0 Å². The molecule has 0 aromatic carbocycles. The van der Waals surface area contributed by atoms with Crippen LogP contribution in [0.15, 0.2) is 0 Å². The Labute approximate surface area is 119 Å². The molecule has 0 heterocycles. The van der Waals surface area contributed by atoms with Crippen molar-refractivity contribution in [2.45, 2.75) is 71.8 Å². The normalized spacial score (nSPS) is 36.6. The average Bonchev–Trinajstić information content (AvgIpc) is 2.75. The van der Waals surface area contributed by atoms with Gasteiger partial charge in [0.25, 0.3) is 0 Å². The monoisotopic (exact) mass is 267 g/mol. The zero-order chi connectivity index (χ0) is 13.9. The van der Waals surface area contributed by atoms with Crippen molar-refractivity contribution >= 4 is 0 Å². The Kier molecular flexibility index (Phi) is 5.30. The van der Waals surface area contributed by atoms with Crippen LogP contribution >= 0.6 is 0 Å². The van der Waals surface area contributed by atoms with Crippen LogP contribution in [0.3, 0.4) is 0 Å². The number of aliphatic hydroxyl groups excluding tert-OH is 1. The van der Waals surface area contributed by atoms with E-state index in [1.165, 1.54) is 38.6 Å². The third-order valence-corrected chi connectivity index (χ3v) is 5.45. The van der Waals surface area contributed by atoms with E-state index in [1.54, 1.807) is 0 Å². The van der Waals surface area contributed by atoms with Gasteiger partial charge < -0.3 is 10.4 Å². The molecule has 0 amide bonds. The van der Waals surface area contributed by atoms with Crippen LogP contribution in [-0.2, 0) is 0 Å². The molecule has 2 aliphatic rings. The highest BCUT2D eigenvalue weighted by atomic mass is 16.3. The zero-order valence-corrected chi connectivity index (χ0v) is 13.1. The molecule has 0 aromatic rings. The topological polar surface area (TPSA) is 32.3 Å². The second-order valence-electron chi connectivity index (χ2n) is 8.07. The molecular weight excluding hydrogens is 234 g/mol. The molecule has 0 spiro atoms. The Morgan fingerprint density at radius 3 is 2.00 bits per heavy atom. The van der Waals surface area contributed by atoms with Crippen molar-refractivity contribution in [3.8, 4) is 0 Å². The van der Waals surface area contributed by atoms with Gasteiger partial charge in [0, 0.05) is 0 Å². The molecule has 2 aliphatic carbocycles. The van der Waals surface area contributed by atoms with Gasteiger partial charge in [0.2, 0.25) is 0 Å². The van der Waals surface area contributed by atoms with Crippen molar-refractivity contribution in [2.24, 2.45) is 23.2 Å². The van der Waals surface area contributed by atoms with Crippen LogP contribution in [-0.4, -0.2) is 24.3 Å². The van der Waals surface area contributed by atoms with E-state index in [0.717, 1.165) is 37.1 Å². The molecular formula is C17H33NO. The fourth-order valence-corrected chi connectivity index (χ4v) is 3.96. The summed E-state index contributed by atoms with van der Waals surface area (Å²) in [6.45, 7) is 9.49. The van der Waals surface area contributed by atoms with Gasteiger partial charge in [-0.05, 0) is 81.2 Å². The molecule has 0 aliphatic heterocycles. The molecule has 2 nitrogen and oxygen atoms in total. The molecule has 2 heteroatoms. The minimum absolute atomic E-state index is 0.0194. The van der Waals surface area contributed by atoms with E-state index in [0.29, 0.717) is 5.41 Å². The van der Waals surface area contributed by atoms with Crippen LogP contribution < -0.4 is 5.32 Å². The van der Waals surface area contributed by atoms with Crippen LogP contribution in [0.1, 0.15) is 65.7 Å². The average molecular weight is 267 g/mol. The van der Waals surface area contributed by atoms with Crippen molar-refractivity contribution in [1.82, 2.24) is 5.32 Å². The Morgan fingerprint density at radius 1 is 0.895 bits per heavy atom. The first-order valence-corrected chi connectivity index (χ1v) is 8.34. The van der Waals surface area contributed by atoms with Crippen molar-refractivity contribution in [2.75, 3.05) is 13.1 Å². The molecule has 2 fully saturated rings. The maximum Gasteiger partial charge on any atom is 0.0543 e. The standard InChI is InChI=1S/C17H33NO/c1-17(2,3)15-7-4-13(5-8-15)11-18-12-14-6-9-16(19)10-14/h13-16,18-19H,4-12H2,1-3H3. The fourth-order valence-electron chi connectivity index (χ4n) is 3.96. The van der Waals surface area contributed by atoms with Gasteiger partial charge in [-0.1, -0.05) is 20.8 Å². The molecule has 19 heavy (non-hydrogen) atoms. The highest BCUT2D eigenvalue weighted by Gasteiger charge is 2.29. The Hall–Kier alpha value is -0.0800.